The van der Waals surface area contributed by atoms with Crippen LogP contribution in [0.15, 0.2) is 79.3 Å². The van der Waals surface area contributed by atoms with Gasteiger partial charge in [-0.2, -0.15) is 0 Å². The van der Waals surface area contributed by atoms with E-state index in [1.165, 1.54) is 36.5 Å². The van der Waals surface area contributed by atoms with Crippen LogP contribution < -0.4 is 15.4 Å². The lowest BCUT2D eigenvalue weighted by molar-refractivity contribution is 0.102. The highest BCUT2D eigenvalue weighted by Crippen LogP contribution is 2.32. The van der Waals surface area contributed by atoms with Crippen molar-refractivity contribution in [1.82, 2.24) is 15.0 Å². The molecule has 0 fully saturated rings. The third-order valence-electron chi connectivity index (χ3n) is 5.32. The molecule has 0 saturated carbocycles. The Labute approximate surface area is 223 Å². The summed E-state index contributed by atoms with van der Waals surface area (Å²) in [6.45, 7) is 1.69. The molecule has 3 aromatic heterocycles. The number of benzene rings is 2. The number of fused-ring (bicyclic) bond motifs is 1. The first kappa shape index (κ1) is 27.4. The molecule has 0 radical (unpaired) electrons. The van der Waals surface area contributed by atoms with Gasteiger partial charge in [0.2, 0.25) is 0 Å². The van der Waals surface area contributed by atoms with Gasteiger partial charge in [-0.15, -0.1) is 24.8 Å². The van der Waals surface area contributed by atoms with Gasteiger partial charge in [0.25, 0.3) is 5.91 Å². The molecule has 11 heteroatoms. The molecule has 0 aliphatic rings. The smallest absolute Gasteiger partial charge is 0.259 e. The van der Waals surface area contributed by atoms with Crippen LogP contribution in [0.25, 0.3) is 11.0 Å². The molecule has 190 valence electrons. The van der Waals surface area contributed by atoms with Crippen molar-refractivity contribution in [3.63, 3.8) is 0 Å². The van der Waals surface area contributed by atoms with Crippen molar-refractivity contribution in [2.45, 2.75) is 6.92 Å². The predicted octanol–water partition coefficient (Wildman–Crippen LogP) is 7.18. The van der Waals surface area contributed by atoms with Crippen LogP contribution in [0.1, 0.15) is 15.9 Å². The number of ether oxygens (including phenoxy) is 1. The summed E-state index contributed by atoms with van der Waals surface area (Å²) in [4.78, 5) is 24.3. The van der Waals surface area contributed by atoms with Crippen LogP contribution in [-0.4, -0.2) is 20.9 Å². The van der Waals surface area contributed by atoms with Crippen molar-refractivity contribution in [1.29, 1.82) is 0 Å². The van der Waals surface area contributed by atoms with E-state index in [0.29, 0.717) is 28.3 Å². The Bertz CT molecular complexity index is 1560. The summed E-state index contributed by atoms with van der Waals surface area (Å²) in [6, 6.07) is 15.1. The second-order valence-corrected chi connectivity index (χ2v) is 7.73. The number of hydrogen-bond donors (Lipinski definition) is 3. The van der Waals surface area contributed by atoms with Gasteiger partial charge in [-0.05, 0) is 67.1 Å². The molecular formula is C26H21Cl2F2N5O2. The average Bonchev–Trinajstić information content (AvgIpc) is 3.33. The lowest BCUT2D eigenvalue weighted by atomic mass is 10.1. The van der Waals surface area contributed by atoms with Gasteiger partial charge >= 0.3 is 0 Å². The monoisotopic (exact) mass is 543 g/mol. The van der Waals surface area contributed by atoms with Crippen molar-refractivity contribution < 1.29 is 18.3 Å². The predicted molar refractivity (Wildman–Crippen MR) is 144 cm³/mol. The Morgan fingerprint density at radius 3 is 2.57 bits per heavy atom. The van der Waals surface area contributed by atoms with Gasteiger partial charge in [0.15, 0.2) is 11.6 Å². The number of hydrogen-bond acceptors (Lipinski definition) is 5. The largest absolute Gasteiger partial charge is 0.453 e. The molecule has 37 heavy (non-hydrogen) atoms. The molecule has 1 amide bonds. The number of carbonyl (C=O) groups excluding carboxylic acids is 1. The summed E-state index contributed by atoms with van der Waals surface area (Å²) < 4.78 is 34.0. The van der Waals surface area contributed by atoms with Crippen molar-refractivity contribution in [3.8, 4) is 11.5 Å². The molecule has 3 heterocycles. The number of rotatable bonds is 6. The second kappa shape index (κ2) is 11.7. The van der Waals surface area contributed by atoms with Crippen LogP contribution in [0.5, 0.6) is 11.5 Å². The maximum Gasteiger partial charge on any atom is 0.259 e. The van der Waals surface area contributed by atoms with E-state index in [2.05, 4.69) is 25.6 Å². The van der Waals surface area contributed by atoms with Gasteiger partial charge in [-0.1, -0.05) is 0 Å². The molecule has 0 bridgehead atoms. The number of nitrogens with zero attached hydrogens (tertiary/aromatic N) is 2. The number of aryl methyl sites for hydroxylation is 1. The van der Waals surface area contributed by atoms with E-state index in [4.69, 9.17) is 4.74 Å². The third kappa shape index (κ3) is 5.96. The number of pyridine rings is 2. The van der Waals surface area contributed by atoms with Gasteiger partial charge in [-0.25, -0.2) is 18.7 Å². The van der Waals surface area contributed by atoms with E-state index in [9.17, 15) is 13.6 Å². The zero-order valence-corrected chi connectivity index (χ0v) is 20.9. The first-order valence-electron chi connectivity index (χ1n) is 10.7. The number of H-pyrrole nitrogens is 1. The highest BCUT2D eigenvalue weighted by Gasteiger charge is 2.15. The van der Waals surface area contributed by atoms with E-state index in [0.717, 1.165) is 5.39 Å². The summed E-state index contributed by atoms with van der Waals surface area (Å²) in [6.07, 6.45) is 4.82. The van der Waals surface area contributed by atoms with Crippen LogP contribution in [0.4, 0.5) is 26.0 Å². The van der Waals surface area contributed by atoms with Crippen molar-refractivity contribution in [2.24, 2.45) is 0 Å². The zero-order valence-electron chi connectivity index (χ0n) is 19.3. The Hall–Kier alpha value is -4.21. The molecule has 0 aliphatic heterocycles. The first-order chi connectivity index (χ1) is 17.0. The SMILES string of the molecule is Cc1cc(F)ccc1NC(=O)c1cccnc1Nc1ccc(Oc2ccnc3[nH]ccc23)c(F)c1.Cl.Cl. The van der Waals surface area contributed by atoms with Crippen molar-refractivity contribution in [2.75, 3.05) is 10.6 Å². The topological polar surface area (TPSA) is 91.9 Å². The molecule has 0 atom stereocenters. The Morgan fingerprint density at radius 1 is 0.946 bits per heavy atom. The maximum atomic E-state index is 14.9. The van der Waals surface area contributed by atoms with Crippen LogP contribution in [0.2, 0.25) is 0 Å². The highest BCUT2D eigenvalue weighted by atomic mass is 35.5. The molecule has 5 rings (SSSR count). The number of anilines is 3. The lowest BCUT2D eigenvalue weighted by Gasteiger charge is -2.13. The molecule has 0 saturated heterocycles. The molecule has 0 aliphatic carbocycles. The van der Waals surface area contributed by atoms with E-state index >= 15 is 0 Å². The van der Waals surface area contributed by atoms with Crippen LogP contribution in [0, 0.1) is 18.6 Å². The summed E-state index contributed by atoms with van der Waals surface area (Å²) in [5, 5.41) is 6.46. The lowest BCUT2D eigenvalue weighted by Crippen LogP contribution is -2.15. The minimum absolute atomic E-state index is 0. The van der Waals surface area contributed by atoms with Crippen LogP contribution in [0.3, 0.4) is 0 Å². The number of nitrogens with one attached hydrogen (secondary N) is 3. The number of aromatic nitrogens is 3. The molecular weight excluding hydrogens is 523 g/mol. The fraction of sp³-hybridized carbons (Fsp3) is 0.0385. The number of aromatic amines is 1. The van der Waals surface area contributed by atoms with E-state index in [1.54, 1.807) is 49.6 Å². The van der Waals surface area contributed by atoms with Crippen molar-refractivity contribution in [3.05, 3.63) is 102 Å². The summed E-state index contributed by atoms with van der Waals surface area (Å²) in [5.74, 6) is -0.685. The zero-order chi connectivity index (χ0) is 24.4. The van der Waals surface area contributed by atoms with Gasteiger partial charge in [-0.3, -0.25) is 4.79 Å². The number of halogens is 4. The van der Waals surface area contributed by atoms with Gasteiger partial charge < -0.3 is 20.4 Å². The summed E-state index contributed by atoms with van der Waals surface area (Å²) >= 11 is 0. The molecule has 7 nitrogen and oxygen atoms in total. The van der Waals surface area contributed by atoms with Crippen molar-refractivity contribution >= 4 is 58.9 Å². The van der Waals surface area contributed by atoms with Gasteiger partial charge in [0.1, 0.15) is 23.0 Å². The number of carbonyl (C=O) groups is 1. The molecule has 0 spiro atoms. The number of amides is 1. The molecule has 3 N–H and O–H groups in total. The first-order valence-corrected chi connectivity index (χ1v) is 10.7. The molecule has 0 unspecified atom stereocenters. The standard InChI is InChI=1S/C26H19F2N5O2.2ClH/c1-15-13-16(27)4-6-21(15)33-26(34)19-3-2-10-29-25(19)32-17-5-7-23(20(28)14-17)35-22-9-12-31-24-18(22)8-11-30-24;;/h2-14H,1H3,(H,29,32)(H,30,31)(H,33,34);2*1H. The Morgan fingerprint density at radius 2 is 1.78 bits per heavy atom. The van der Waals surface area contributed by atoms with Gasteiger partial charge in [0, 0.05) is 36.0 Å². The molecule has 5 aromatic rings. The van der Waals surface area contributed by atoms with E-state index < -0.39 is 11.7 Å². The minimum Gasteiger partial charge on any atom is -0.453 e. The quantitative estimate of drug-likeness (QED) is 0.211. The Balaban J connectivity index is 0.00000190. The highest BCUT2D eigenvalue weighted by molar-refractivity contribution is 6.08. The van der Waals surface area contributed by atoms with Crippen LogP contribution >= 0.6 is 24.8 Å². The van der Waals surface area contributed by atoms with E-state index in [-0.39, 0.29) is 47.8 Å². The van der Waals surface area contributed by atoms with E-state index in [1.807, 2.05) is 0 Å². The third-order valence-corrected chi connectivity index (χ3v) is 5.32. The fourth-order valence-electron chi connectivity index (χ4n) is 3.59. The minimum atomic E-state index is -0.598. The van der Waals surface area contributed by atoms with Crippen LogP contribution in [-0.2, 0) is 0 Å². The summed E-state index contributed by atoms with van der Waals surface area (Å²) in [7, 11) is 0. The Kier molecular flexibility index (Phi) is 8.65. The average molecular weight is 544 g/mol. The fourth-order valence-corrected chi connectivity index (χ4v) is 3.59. The maximum absolute atomic E-state index is 14.9. The summed E-state index contributed by atoms with van der Waals surface area (Å²) in [5.41, 5.74) is 2.32. The van der Waals surface area contributed by atoms with Gasteiger partial charge in [0.05, 0.1) is 10.9 Å². The normalized spacial score (nSPS) is 10.2. The second-order valence-electron chi connectivity index (χ2n) is 7.73. The molecule has 2 aromatic carbocycles.